The number of hydrogen-bond acceptors (Lipinski definition) is 5. The number of nitrogens with one attached hydrogen (secondary N) is 1. The Balaban J connectivity index is 1.95. The largest absolute Gasteiger partial charge is 0.464 e. The van der Waals surface area contributed by atoms with E-state index in [9.17, 15) is 0 Å². The Kier molecular flexibility index (Phi) is 2.74. The van der Waals surface area contributed by atoms with Crippen molar-refractivity contribution in [3.63, 3.8) is 0 Å². The average molecular weight is 257 g/mol. The lowest BCUT2D eigenvalue weighted by Gasteiger charge is -2.14. The fraction of sp³-hybridized carbons (Fsp3) is 0.286. The monoisotopic (exact) mass is 257 g/mol. The zero-order valence-electron chi connectivity index (χ0n) is 11.1. The van der Waals surface area contributed by atoms with E-state index in [4.69, 9.17) is 8.94 Å². The molecule has 98 valence electrons. The molecule has 3 rings (SSSR count). The van der Waals surface area contributed by atoms with Gasteiger partial charge in [-0.3, -0.25) is 0 Å². The van der Waals surface area contributed by atoms with E-state index < -0.39 is 0 Å². The fourth-order valence-corrected chi connectivity index (χ4v) is 2.40. The van der Waals surface area contributed by atoms with Gasteiger partial charge in [0, 0.05) is 11.8 Å². The predicted octanol–water partition coefficient (Wildman–Crippen LogP) is 3.61. The molecule has 1 atom stereocenters. The first-order valence-corrected chi connectivity index (χ1v) is 6.18. The van der Waals surface area contributed by atoms with Crippen molar-refractivity contribution in [2.45, 2.75) is 26.8 Å². The van der Waals surface area contributed by atoms with Crippen LogP contribution in [-0.2, 0) is 0 Å². The lowest BCUT2D eigenvalue weighted by Crippen LogP contribution is -2.09. The minimum atomic E-state index is 0.0687. The standard InChI is InChI=1S/C14H15N3O2/c1-8(13-9(2)17-19-10(13)3)16-14-11-5-7-18-12(11)4-6-15-14/h4-8H,1-3H3,(H,15,16). The van der Waals surface area contributed by atoms with E-state index in [0.717, 1.165) is 33.8 Å². The summed E-state index contributed by atoms with van der Waals surface area (Å²) in [5, 5.41) is 8.33. The van der Waals surface area contributed by atoms with Gasteiger partial charge in [-0.2, -0.15) is 0 Å². The molecule has 0 saturated heterocycles. The first kappa shape index (κ1) is 11.8. The zero-order valence-corrected chi connectivity index (χ0v) is 11.1. The fourth-order valence-electron chi connectivity index (χ4n) is 2.40. The zero-order chi connectivity index (χ0) is 13.4. The molecule has 0 saturated carbocycles. The van der Waals surface area contributed by atoms with Crippen molar-refractivity contribution < 1.29 is 8.94 Å². The van der Waals surface area contributed by atoms with E-state index in [2.05, 4.69) is 22.4 Å². The molecule has 0 bridgehead atoms. The Labute approximate surface area is 110 Å². The van der Waals surface area contributed by atoms with Crippen LogP contribution < -0.4 is 5.32 Å². The molecule has 1 N–H and O–H groups in total. The maximum absolute atomic E-state index is 5.37. The number of rotatable bonds is 3. The minimum Gasteiger partial charge on any atom is -0.464 e. The molecule has 0 spiro atoms. The third-order valence-electron chi connectivity index (χ3n) is 3.25. The van der Waals surface area contributed by atoms with Gasteiger partial charge in [0.1, 0.15) is 17.2 Å². The van der Waals surface area contributed by atoms with Crippen LogP contribution in [-0.4, -0.2) is 10.1 Å². The highest BCUT2D eigenvalue weighted by Gasteiger charge is 2.17. The number of hydrogen-bond donors (Lipinski definition) is 1. The third-order valence-corrected chi connectivity index (χ3v) is 3.25. The summed E-state index contributed by atoms with van der Waals surface area (Å²) in [6, 6.07) is 3.82. The number of fused-ring (bicyclic) bond motifs is 1. The van der Waals surface area contributed by atoms with E-state index in [1.165, 1.54) is 0 Å². The lowest BCUT2D eigenvalue weighted by atomic mass is 10.1. The van der Waals surface area contributed by atoms with Gasteiger partial charge < -0.3 is 14.3 Å². The molecule has 0 radical (unpaired) electrons. The van der Waals surface area contributed by atoms with E-state index in [-0.39, 0.29) is 6.04 Å². The maximum Gasteiger partial charge on any atom is 0.139 e. The van der Waals surface area contributed by atoms with Crippen LogP contribution in [0.3, 0.4) is 0 Å². The number of pyridine rings is 1. The van der Waals surface area contributed by atoms with Gasteiger partial charge in [0.05, 0.1) is 23.4 Å². The summed E-state index contributed by atoms with van der Waals surface area (Å²) in [5.41, 5.74) is 2.79. The molecule has 0 fully saturated rings. The van der Waals surface area contributed by atoms with Crippen LogP contribution in [0.1, 0.15) is 30.0 Å². The van der Waals surface area contributed by atoms with E-state index in [1.54, 1.807) is 12.5 Å². The van der Waals surface area contributed by atoms with Crippen LogP contribution >= 0.6 is 0 Å². The predicted molar refractivity (Wildman–Crippen MR) is 72.0 cm³/mol. The molecule has 1 unspecified atom stereocenters. The second kappa shape index (κ2) is 4.42. The maximum atomic E-state index is 5.37. The van der Waals surface area contributed by atoms with Gasteiger partial charge >= 0.3 is 0 Å². The van der Waals surface area contributed by atoms with Crippen molar-refractivity contribution in [2.24, 2.45) is 0 Å². The van der Waals surface area contributed by atoms with Crippen LogP contribution in [0.2, 0.25) is 0 Å². The Morgan fingerprint density at radius 2 is 2.11 bits per heavy atom. The summed E-state index contributed by atoms with van der Waals surface area (Å²) < 4.78 is 10.6. The van der Waals surface area contributed by atoms with Gasteiger partial charge in [0.15, 0.2) is 0 Å². The highest BCUT2D eigenvalue weighted by atomic mass is 16.5. The Morgan fingerprint density at radius 1 is 1.26 bits per heavy atom. The summed E-state index contributed by atoms with van der Waals surface area (Å²) in [6.07, 6.45) is 3.40. The molecular weight excluding hydrogens is 242 g/mol. The van der Waals surface area contributed by atoms with E-state index >= 15 is 0 Å². The molecule has 0 aliphatic rings. The summed E-state index contributed by atoms with van der Waals surface area (Å²) in [4.78, 5) is 4.37. The van der Waals surface area contributed by atoms with Crippen molar-refractivity contribution >= 4 is 16.8 Å². The number of furan rings is 1. The van der Waals surface area contributed by atoms with Gasteiger partial charge in [-0.05, 0) is 32.9 Å². The molecule has 0 aliphatic heterocycles. The number of aromatic nitrogens is 2. The molecule has 5 nitrogen and oxygen atoms in total. The smallest absolute Gasteiger partial charge is 0.139 e. The van der Waals surface area contributed by atoms with Crippen LogP contribution in [0.5, 0.6) is 0 Å². The van der Waals surface area contributed by atoms with Gasteiger partial charge in [-0.25, -0.2) is 4.98 Å². The van der Waals surface area contributed by atoms with Crippen LogP contribution in [0.4, 0.5) is 5.82 Å². The SMILES string of the molecule is Cc1noc(C)c1C(C)Nc1nccc2occc12. The summed E-state index contributed by atoms with van der Waals surface area (Å²) in [5.74, 6) is 1.63. The Bertz CT molecular complexity index is 695. The van der Waals surface area contributed by atoms with Crippen molar-refractivity contribution in [3.05, 3.63) is 41.6 Å². The van der Waals surface area contributed by atoms with Crippen molar-refractivity contribution in [1.29, 1.82) is 0 Å². The van der Waals surface area contributed by atoms with Crippen molar-refractivity contribution in [1.82, 2.24) is 10.1 Å². The van der Waals surface area contributed by atoms with Gasteiger partial charge in [-0.15, -0.1) is 0 Å². The van der Waals surface area contributed by atoms with Gasteiger partial charge in [0.2, 0.25) is 0 Å². The van der Waals surface area contributed by atoms with Crippen molar-refractivity contribution in [2.75, 3.05) is 5.32 Å². The molecule has 3 heterocycles. The number of anilines is 1. The first-order chi connectivity index (χ1) is 9.16. The molecular formula is C14H15N3O2. The van der Waals surface area contributed by atoms with Crippen molar-refractivity contribution in [3.8, 4) is 0 Å². The number of aryl methyl sites for hydroxylation is 2. The second-order valence-corrected chi connectivity index (χ2v) is 4.60. The second-order valence-electron chi connectivity index (χ2n) is 4.60. The molecule has 19 heavy (non-hydrogen) atoms. The van der Waals surface area contributed by atoms with Crippen LogP contribution in [0, 0.1) is 13.8 Å². The van der Waals surface area contributed by atoms with Gasteiger partial charge in [-0.1, -0.05) is 5.16 Å². The van der Waals surface area contributed by atoms with E-state index in [0.29, 0.717) is 0 Å². The molecule has 5 heteroatoms. The van der Waals surface area contributed by atoms with Gasteiger partial charge in [0.25, 0.3) is 0 Å². The Morgan fingerprint density at radius 3 is 2.84 bits per heavy atom. The molecule has 0 aliphatic carbocycles. The van der Waals surface area contributed by atoms with Crippen LogP contribution in [0.25, 0.3) is 11.0 Å². The molecule has 0 aromatic carbocycles. The summed E-state index contributed by atoms with van der Waals surface area (Å²) in [7, 11) is 0. The van der Waals surface area contributed by atoms with E-state index in [1.807, 2.05) is 26.0 Å². The highest BCUT2D eigenvalue weighted by molar-refractivity contribution is 5.88. The quantitative estimate of drug-likeness (QED) is 0.776. The summed E-state index contributed by atoms with van der Waals surface area (Å²) >= 11 is 0. The first-order valence-electron chi connectivity index (χ1n) is 6.18. The highest BCUT2D eigenvalue weighted by Crippen LogP contribution is 2.28. The molecule has 3 aromatic heterocycles. The summed E-state index contributed by atoms with van der Waals surface area (Å²) in [6.45, 7) is 5.92. The molecule has 0 amide bonds. The Hall–Kier alpha value is -2.30. The topological polar surface area (TPSA) is 64.1 Å². The third kappa shape index (κ3) is 1.97. The molecule has 3 aromatic rings. The average Bonchev–Trinajstić information content (AvgIpc) is 2.97. The number of nitrogens with zero attached hydrogens (tertiary/aromatic N) is 2. The lowest BCUT2D eigenvalue weighted by molar-refractivity contribution is 0.392. The minimum absolute atomic E-state index is 0.0687. The normalized spacial score (nSPS) is 12.8. The van der Waals surface area contributed by atoms with Crippen LogP contribution in [0.15, 0.2) is 33.5 Å².